The molecule has 0 bridgehead atoms. The van der Waals surface area contributed by atoms with E-state index in [2.05, 4.69) is 15.4 Å². The van der Waals surface area contributed by atoms with E-state index in [9.17, 15) is 9.59 Å². The standard InChI is InChI=1S/C21H27N5O3/c1-14-24-19-16(13-23-26(19)21(2,3)4)20(28)25(14)11-10-18(27)22-12-15-8-6-7-9-17(15)29-5/h6-9,13H,10-12H2,1-5H3,(H,22,27). The van der Waals surface area contributed by atoms with E-state index in [1.54, 1.807) is 24.9 Å². The van der Waals surface area contributed by atoms with E-state index < -0.39 is 0 Å². The molecule has 0 spiro atoms. The molecule has 1 N–H and O–H groups in total. The number of para-hydroxylation sites is 1. The minimum absolute atomic E-state index is 0.146. The average Bonchev–Trinajstić information content (AvgIpc) is 3.10. The number of aromatic nitrogens is 4. The zero-order valence-electron chi connectivity index (χ0n) is 17.5. The predicted molar refractivity (Wildman–Crippen MR) is 111 cm³/mol. The summed E-state index contributed by atoms with van der Waals surface area (Å²) in [7, 11) is 1.60. The van der Waals surface area contributed by atoms with Gasteiger partial charge in [-0.15, -0.1) is 0 Å². The molecular formula is C21H27N5O3. The summed E-state index contributed by atoms with van der Waals surface area (Å²) in [6.45, 7) is 8.42. The second kappa shape index (κ2) is 8.06. The topological polar surface area (TPSA) is 91.0 Å². The first kappa shape index (κ1) is 20.6. The average molecular weight is 397 g/mol. The third-order valence-electron chi connectivity index (χ3n) is 4.74. The minimum atomic E-state index is -0.280. The number of benzene rings is 1. The quantitative estimate of drug-likeness (QED) is 0.690. The number of fused-ring (bicyclic) bond motifs is 1. The van der Waals surface area contributed by atoms with Crippen LogP contribution >= 0.6 is 0 Å². The first-order valence-electron chi connectivity index (χ1n) is 9.56. The van der Waals surface area contributed by atoms with Gasteiger partial charge in [-0.2, -0.15) is 5.10 Å². The SMILES string of the molecule is COc1ccccc1CNC(=O)CCn1c(C)nc2c(cnn2C(C)(C)C)c1=O. The van der Waals surface area contributed by atoms with Crippen molar-refractivity contribution in [2.75, 3.05) is 7.11 Å². The lowest BCUT2D eigenvalue weighted by Gasteiger charge is -2.20. The van der Waals surface area contributed by atoms with Crippen LogP contribution in [0.25, 0.3) is 11.0 Å². The number of nitrogens with one attached hydrogen (secondary N) is 1. The van der Waals surface area contributed by atoms with Gasteiger partial charge in [0.1, 0.15) is 17.0 Å². The number of nitrogens with zero attached hydrogens (tertiary/aromatic N) is 4. The molecular weight excluding hydrogens is 370 g/mol. The van der Waals surface area contributed by atoms with E-state index in [0.29, 0.717) is 23.4 Å². The van der Waals surface area contributed by atoms with Crippen molar-refractivity contribution in [2.24, 2.45) is 0 Å². The molecule has 0 atom stereocenters. The van der Waals surface area contributed by atoms with Crippen molar-refractivity contribution in [3.8, 4) is 5.75 Å². The van der Waals surface area contributed by atoms with Crippen molar-refractivity contribution in [1.82, 2.24) is 24.6 Å². The maximum Gasteiger partial charge on any atom is 0.264 e. The van der Waals surface area contributed by atoms with Gasteiger partial charge in [-0.25, -0.2) is 9.67 Å². The number of ether oxygens (including phenoxy) is 1. The number of hydrogen-bond donors (Lipinski definition) is 1. The molecule has 0 aliphatic carbocycles. The summed E-state index contributed by atoms with van der Waals surface area (Å²) >= 11 is 0. The van der Waals surface area contributed by atoms with Crippen LogP contribution in [0.4, 0.5) is 0 Å². The summed E-state index contributed by atoms with van der Waals surface area (Å²) in [5.74, 6) is 1.14. The van der Waals surface area contributed by atoms with Crippen LogP contribution in [0.15, 0.2) is 35.3 Å². The van der Waals surface area contributed by atoms with Gasteiger partial charge in [0.15, 0.2) is 5.65 Å². The molecule has 0 saturated carbocycles. The van der Waals surface area contributed by atoms with E-state index >= 15 is 0 Å². The molecule has 8 nitrogen and oxygen atoms in total. The summed E-state index contributed by atoms with van der Waals surface area (Å²) in [6.07, 6.45) is 1.73. The molecule has 0 unspecified atom stereocenters. The summed E-state index contributed by atoms with van der Waals surface area (Å²) < 4.78 is 8.57. The Morgan fingerprint density at radius 3 is 2.66 bits per heavy atom. The van der Waals surface area contributed by atoms with Crippen LogP contribution in [-0.2, 0) is 23.4 Å². The molecule has 1 aromatic carbocycles. The van der Waals surface area contributed by atoms with Gasteiger partial charge in [-0.3, -0.25) is 14.2 Å². The van der Waals surface area contributed by atoms with Crippen molar-refractivity contribution in [3.63, 3.8) is 0 Å². The first-order chi connectivity index (χ1) is 13.7. The largest absolute Gasteiger partial charge is 0.496 e. The van der Waals surface area contributed by atoms with E-state index in [1.165, 1.54) is 4.57 Å². The highest BCUT2D eigenvalue weighted by Crippen LogP contribution is 2.19. The molecule has 154 valence electrons. The Morgan fingerprint density at radius 2 is 1.97 bits per heavy atom. The molecule has 0 saturated heterocycles. The van der Waals surface area contributed by atoms with Crippen LogP contribution in [0, 0.1) is 6.92 Å². The fourth-order valence-corrected chi connectivity index (χ4v) is 3.21. The maximum absolute atomic E-state index is 12.9. The number of hydrogen-bond acceptors (Lipinski definition) is 5. The van der Waals surface area contributed by atoms with E-state index in [1.807, 2.05) is 45.0 Å². The predicted octanol–water partition coefficient (Wildman–Crippen LogP) is 2.37. The van der Waals surface area contributed by atoms with Gasteiger partial charge in [-0.05, 0) is 33.8 Å². The van der Waals surface area contributed by atoms with Gasteiger partial charge in [0.05, 0.1) is 18.8 Å². The smallest absolute Gasteiger partial charge is 0.264 e. The van der Waals surface area contributed by atoms with Crippen molar-refractivity contribution in [1.29, 1.82) is 0 Å². The Morgan fingerprint density at radius 1 is 1.24 bits per heavy atom. The Balaban J connectivity index is 1.72. The zero-order chi connectivity index (χ0) is 21.2. The minimum Gasteiger partial charge on any atom is -0.496 e. The highest BCUT2D eigenvalue weighted by atomic mass is 16.5. The van der Waals surface area contributed by atoms with Gasteiger partial charge in [0.25, 0.3) is 5.56 Å². The molecule has 3 rings (SSSR count). The molecule has 2 aromatic heterocycles. The number of amides is 1. The van der Waals surface area contributed by atoms with Gasteiger partial charge >= 0.3 is 0 Å². The van der Waals surface area contributed by atoms with Gasteiger partial charge in [0, 0.05) is 25.1 Å². The number of rotatable bonds is 6. The van der Waals surface area contributed by atoms with E-state index in [0.717, 1.165) is 11.3 Å². The third-order valence-corrected chi connectivity index (χ3v) is 4.74. The summed E-state index contributed by atoms with van der Waals surface area (Å²) in [5.41, 5.74) is 1.00. The van der Waals surface area contributed by atoms with Crippen LogP contribution in [0.2, 0.25) is 0 Å². The fraction of sp³-hybridized carbons (Fsp3) is 0.429. The van der Waals surface area contributed by atoms with Crippen molar-refractivity contribution in [2.45, 2.75) is 52.7 Å². The first-order valence-corrected chi connectivity index (χ1v) is 9.56. The molecule has 0 radical (unpaired) electrons. The number of carbonyl (C=O) groups excluding carboxylic acids is 1. The van der Waals surface area contributed by atoms with Gasteiger partial charge in [0.2, 0.25) is 5.91 Å². The van der Waals surface area contributed by atoms with Crippen LogP contribution in [0.5, 0.6) is 5.75 Å². The van der Waals surface area contributed by atoms with Crippen LogP contribution in [0.1, 0.15) is 38.6 Å². The molecule has 0 aliphatic rings. The molecule has 3 aromatic rings. The van der Waals surface area contributed by atoms with Crippen LogP contribution < -0.4 is 15.6 Å². The lowest BCUT2D eigenvalue weighted by atomic mass is 10.1. The molecule has 2 heterocycles. The Bertz CT molecular complexity index is 1090. The van der Waals surface area contributed by atoms with Crippen molar-refractivity contribution in [3.05, 3.63) is 52.2 Å². The number of carbonyl (C=O) groups is 1. The Hall–Kier alpha value is -3.16. The second-order valence-corrected chi connectivity index (χ2v) is 7.92. The maximum atomic E-state index is 12.9. The highest BCUT2D eigenvalue weighted by molar-refractivity contribution is 5.76. The molecule has 0 fully saturated rings. The summed E-state index contributed by atoms with van der Waals surface area (Å²) in [4.78, 5) is 29.8. The Labute approximate surface area is 169 Å². The normalized spacial score (nSPS) is 11.6. The molecule has 0 aliphatic heterocycles. The monoisotopic (exact) mass is 397 g/mol. The molecule has 1 amide bonds. The van der Waals surface area contributed by atoms with Crippen LogP contribution in [-0.4, -0.2) is 32.3 Å². The van der Waals surface area contributed by atoms with Gasteiger partial charge in [-0.1, -0.05) is 18.2 Å². The van der Waals surface area contributed by atoms with E-state index in [4.69, 9.17) is 4.74 Å². The number of methoxy groups -OCH3 is 1. The zero-order valence-corrected chi connectivity index (χ0v) is 17.5. The summed E-state index contributed by atoms with van der Waals surface area (Å²) in [6, 6.07) is 7.53. The fourth-order valence-electron chi connectivity index (χ4n) is 3.21. The van der Waals surface area contributed by atoms with Gasteiger partial charge < -0.3 is 10.1 Å². The van der Waals surface area contributed by atoms with E-state index in [-0.39, 0.29) is 30.0 Å². The third kappa shape index (κ3) is 4.31. The van der Waals surface area contributed by atoms with Crippen molar-refractivity contribution < 1.29 is 9.53 Å². The lowest BCUT2D eigenvalue weighted by molar-refractivity contribution is -0.121. The number of aryl methyl sites for hydroxylation is 1. The van der Waals surface area contributed by atoms with Crippen molar-refractivity contribution >= 4 is 16.9 Å². The lowest BCUT2D eigenvalue weighted by Crippen LogP contribution is -2.30. The Kier molecular flexibility index (Phi) is 5.72. The summed E-state index contributed by atoms with van der Waals surface area (Å²) in [5, 5.41) is 7.67. The second-order valence-electron chi connectivity index (χ2n) is 7.92. The molecule has 29 heavy (non-hydrogen) atoms. The highest BCUT2D eigenvalue weighted by Gasteiger charge is 2.21. The van der Waals surface area contributed by atoms with Crippen LogP contribution in [0.3, 0.4) is 0 Å². The molecule has 8 heteroatoms.